The van der Waals surface area contributed by atoms with Crippen LogP contribution in [0.15, 0.2) is 60.7 Å². The number of anilines is 1. The zero-order chi connectivity index (χ0) is 28.7. The molecule has 2 N–H and O–H groups in total. The fourth-order valence-corrected chi connectivity index (χ4v) is 7.74. The maximum absolute atomic E-state index is 14.3. The molecular weight excluding hydrogens is 561 g/mol. The maximum atomic E-state index is 14.3. The highest BCUT2D eigenvalue weighted by Gasteiger charge is 2.73. The van der Waals surface area contributed by atoms with Gasteiger partial charge in [-0.1, -0.05) is 84.9 Å². The molecule has 0 aromatic heterocycles. The van der Waals surface area contributed by atoms with Crippen LogP contribution in [-0.2, 0) is 25.5 Å². The van der Waals surface area contributed by atoms with Gasteiger partial charge in [-0.25, -0.2) is 0 Å². The number of likely N-dealkylation sites (tertiary alicyclic amines) is 1. The Morgan fingerprint density at radius 2 is 1.76 bits per heavy atom. The van der Waals surface area contributed by atoms with E-state index < -0.39 is 29.6 Å². The molecule has 1 spiro atoms. The second-order valence-corrected chi connectivity index (χ2v) is 12.7. The highest BCUT2D eigenvalue weighted by atomic mass is 35.5. The Morgan fingerprint density at radius 3 is 2.46 bits per heavy atom. The van der Waals surface area contributed by atoms with E-state index in [0.29, 0.717) is 22.2 Å². The number of benzene rings is 2. The van der Waals surface area contributed by atoms with Crippen LogP contribution in [-0.4, -0.2) is 52.5 Å². The highest BCUT2D eigenvalue weighted by Crippen LogP contribution is 2.56. The molecule has 2 aromatic rings. The number of nitrogens with one attached hydrogen (secondary N) is 2. The lowest BCUT2D eigenvalue weighted by Gasteiger charge is -2.36. The molecule has 3 amide bonds. The van der Waals surface area contributed by atoms with E-state index in [-0.39, 0.29) is 29.8 Å². The van der Waals surface area contributed by atoms with Crippen molar-refractivity contribution in [1.29, 1.82) is 0 Å². The van der Waals surface area contributed by atoms with Crippen LogP contribution < -0.4 is 10.6 Å². The number of nitrogens with zero attached hydrogens (tertiary/aromatic N) is 1. The van der Waals surface area contributed by atoms with Crippen molar-refractivity contribution in [3.05, 3.63) is 76.3 Å². The first-order valence-corrected chi connectivity index (χ1v) is 15.3. The van der Waals surface area contributed by atoms with Crippen molar-refractivity contribution in [2.75, 3.05) is 5.32 Å². The third kappa shape index (κ3) is 5.28. The Labute approximate surface area is 250 Å². The minimum absolute atomic E-state index is 0.0810. The molecule has 6 unspecified atom stereocenters. The highest BCUT2D eigenvalue weighted by molar-refractivity contribution is 6.35. The van der Waals surface area contributed by atoms with Crippen LogP contribution in [0.4, 0.5) is 5.69 Å². The van der Waals surface area contributed by atoms with Gasteiger partial charge in [0.15, 0.2) is 0 Å². The largest absolute Gasteiger partial charge is 0.359 e. The summed E-state index contributed by atoms with van der Waals surface area (Å²) in [6, 6.07) is 13.9. The van der Waals surface area contributed by atoms with Crippen molar-refractivity contribution >= 4 is 46.6 Å². The van der Waals surface area contributed by atoms with Gasteiger partial charge in [-0.3, -0.25) is 14.4 Å². The van der Waals surface area contributed by atoms with Gasteiger partial charge >= 0.3 is 0 Å². The second kappa shape index (κ2) is 11.4. The molecule has 3 aliphatic heterocycles. The number of hydrogen-bond acceptors (Lipinski definition) is 4. The average molecular weight is 597 g/mol. The second-order valence-electron chi connectivity index (χ2n) is 11.8. The molecule has 3 fully saturated rings. The Kier molecular flexibility index (Phi) is 7.88. The molecule has 216 valence electrons. The van der Waals surface area contributed by atoms with Crippen molar-refractivity contribution in [3.8, 4) is 0 Å². The molecule has 2 saturated heterocycles. The van der Waals surface area contributed by atoms with Crippen molar-refractivity contribution in [3.63, 3.8) is 0 Å². The normalized spacial score (nSPS) is 29.4. The molecule has 3 heterocycles. The molecular formula is C32H35Cl2N3O4. The predicted molar refractivity (Wildman–Crippen MR) is 159 cm³/mol. The molecule has 6 rings (SSSR count). The van der Waals surface area contributed by atoms with E-state index in [1.54, 1.807) is 23.1 Å². The van der Waals surface area contributed by atoms with E-state index in [4.69, 9.17) is 27.9 Å². The lowest BCUT2D eigenvalue weighted by Crippen LogP contribution is -2.58. The molecule has 6 atom stereocenters. The number of ether oxygens (including phenoxy) is 1. The minimum atomic E-state index is -1.20. The Bertz CT molecular complexity index is 1340. The van der Waals surface area contributed by atoms with E-state index in [1.807, 2.05) is 37.3 Å². The SMILES string of the molecule is CC(CCc1ccccc1)N1C(=O)C2C(C(=O)Nc3cc(Cl)cc(Cl)c3)C3C=CC2(O3)C1C(=O)NC1CCCCC1. The standard InChI is InChI=1S/C32H35Cl2N3O4/c1-19(12-13-20-8-4-2-5-9-20)37-28(30(39)35-23-10-6-3-7-11-23)32-15-14-25(41-32)26(27(32)31(37)40)29(38)36-24-17-21(33)16-22(34)18-24/h2,4-5,8-9,14-19,23,25-28H,3,6-7,10-13H2,1H3,(H,35,39)(H,36,38). The zero-order valence-corrected chi connectivity index (χ0v) is 24.5. The molecule has 0 radical (unpaired) electrons. The van der Waals surface area contributed by atoms with Gasteiger partial charge in [0.25, 0.3) is 0 Å². The minimum Gasteiger partial charge on any atom is -0.359 e. The van der Waals surface area contributed by atoms with Crippen LogP contribution in [0.25, 0.3) is 0 Å². The first kappa shape index (κ1) is 28.3. The van der Waals surface area contributed by atoms with Crippen LogP contribution >= 0.6 is 23.2 Å². The summed E-state index contributed by atoms with van der Waals surface area (Å²) in [5.74, 6) is -2.38. The van der Waals surface area contributed by atoms with E-state index in [0.717, 1.165) is 32.1 Å². The lowest BCUT2D eigenvalue weighted by molar-refractivity contribution is -0.143. The van der Waals surface area contributed by atoms with Crippen LogP contribution in [0, 0.1) is 11.8 Å². The lowest BCUT2D eigenvalue weighted by atomic mass is 9.74. The van der Waals surface area contributed by atoms with Gasteiger partial charge in [0, 0.05) is 27.8 Å². The van der Waals surface area contributed by atoms with Gasteiger partial charge in [0.1, 0.15) is 11.6 Å². The number of aryl methyl sites for hydroxylation is 1. The van der Waals surface area contributed by atoms with Gasteiger partial charge in [-0.15, -0.1) is 0 Å². The zero-order valence-electron chi connectivity index (χ0n) is 23.0. The third-order valence-corrected chi connectivity index (χ3v) is 9.55. The summed E-state index contributed by atoms with van der Waals surface area (Å²) < 4.78 is 6.49. The van der Waals surface area contributed by atoms with Gasteiger partial charge < -0.3 is 20.3 Å². The van der Waals surface area contributed by atoms with Crippen LogP contribution in [0.5, 0.6) is 0 Å². The number of fused-ring (bicyclic) bond motifs is 1. The fourth-order valence-electron chi connectivity index (χ4n) is 7.22. The van der Waals surface area contributed by atoms with Gasteiger partial charge in [0.05, 0.1) is 17.9 Å². The number of halogens is 2. The summed E-state index contributed by atoms with van der Waals surface area (Å²) in [6.45, 7) is 1.98. The molecule has 41 heavy (non-hydrogen) atoms. The average Bonchev–Trinajstić information content (AvgIpc) is 3.59. The van der Waals surface area contributed by atoms with E-state index >= 15 is 0 Å². The first-order valence-electron chi connectivity index (χ1n) is 14.6. The van der Waals surface area contributed by atoms with Gasteiger partial charge in [-0.2, -0.15) is 0 Å². The van der Waals surface area contributed by atoms with Crippen LogP contribution in [0.3, 0.4) is 0 Å². The summed E-state index contributed by atoms with van der Waals surface area (Å²) in [6.07, 6.45) is 9.71. The first-order chi connectivity index (χ1) is 19.8. The van der Waals surface area contributed by atoms with Gasteiger partial charge in [0.2, 0.25) is 17.7 Å². The van der Waals surface area contributed by atoms with Crippen molar-refractivity contribution in [1.82, 2.24) is 10.2 Å². The Balaban J connectivity index is 1.29. The topological polar surface area (TPSA) is 87.7 Å². The molecule has 2 aromatic carbocycles. The molecule has 1 aliphatic carbocycles. The third-order valence-electron chi connectivity index (χ3n) is 9.11. The molecule has 7 nitrogen and oxygen atoms in total. The monoisotopic (exact) mass is 595 g/mol. The van der Waals surface area contributed by atoms with Crippen molar-refractivity contribution in [2.45, 2.75) is 81.7 Å². The molecule has 9 heteroatoms. The number of rotatable bonds is 8. The van der Waals surface area contributed by atoms with E-state index in [1.165, 1.54) is 12.0 Å². The number of carbonyl (C=O) groups is 3. The summed E-state index contributed by atoms with van der Waals surface area (Å²) >= 11 is 12.3. The van der Waals surface area contributed by atoms with Crippen molar-refractivity contribution < 1.29 is 19.1 Å². The maximum Gasteiger partial charge on any atom is 0.246 e. The predicted octanol–water partition coefficient (Wildman–Crippen LogP) is 5.55. The Morgan fingerprint density at radius 1 is 1.05 bits per heavy atom. The van der Waals surface area contributed by atoms with E-state index in [2.05, 4.69) is 22.8 Å². The summed E-state index contributed by atoms with van der Waals surface area (Å²) in [4.78, 5) is 43.8. The number of hydrogen-bond donors (Lipinski definition) is 2. The quantitative estimate of drug-likeness (QED) is 0.391. The van der Waals surface area contributed by atoms with Crippen LogP contribution in [0.2, 0.25) is 10.0 Å². The Hall–Kier alpha value is -2.87. The summed E-state index contributed by atoms with van der Waals surface area (Å²) in [5.41, 5.74) is 0.413. The van der Waals surface area contributed by atoms with Crippen molar-refractivity contribution in [2.24, 2.45) is 11.8 Å². The molecule has 1 saturated carbocycles. The summed E-state index contributed by atoms with van der Waals surface area (Å²) in [7, 11) is 0. The van der Waals surface area contributed by atoms with Gasteiger partial charge in [-0.05, 0) is 56.4 Å². The number of carbonyl (C=O) groups excluding carboxylic acids is 3. The molecule has 4 aliphatic rings. The van der Waals surface area contributed by atoms with E-state index in [9.17, 15) is 14.4 Å². The van der Waals surface area contributed by atoms with Crippen LogP contribution in [0.1, 0.15) is 51.0 Å². The number of amides is 3. The smallest absolute Gasteiger partial charge is 0.246 e. The summed E-state index contributed by atoms with van der Waals surface area (Å²) in [5, 5.41) is 6.92. The molecule has 2 bridgehead atoms. The fraction of sp³-hybridized carbons (Fsp3) is 0.469.